The molecule has 1 N–H and O–H groups in total. The largest absolute Gasteiger partial charge is 0.497 e. The van der Waals surface area contributed by atoms with E-state index in [1.165, 1.54) is 12.0 Å². The number of para-hydroxylation sites is 1. The number of imide groups is 1. The van der Waals surface area contributed by atoms with Gasteiger partial charge in [0.25, 0.3) is 0 Å². The van der Waals surface area contributed by atoms with Crippen LogP contribution in [-0.2, 0) is 25.5 Å². The van der Waals surface area contributed by atoms with Crippen molar-refractivity contribution in [1.29, 1.82) is 0 Å². The molecule has 0 bridgehead atoms. The van der Waals surface area contributed by atoms with Crippen molar-refractivity contribution in [3.05, 3.63) is 96.1 Å². The maximum absolute atomic E-state index is 13.9. The van der Waals surface area contributed by atoms with E-state index in [4.69, 9.17) is 9.47 Å². The topological polar surface area (TPSA) is 84.9 Å². The summed E-state index contributed by atoms with van der Waals surface area (Å²) < 4.78 is 10.5. The van der Waals surface area contributed by atoms with Crippen LogP contribution in [-0.4, -0.2) is 37.5 Å². The molecular weight excluding hydrogens is 444 g/mol. The van der Waals surface area contributed by atoms with E-state index in [1.807, 2.05) is 48.5 Å². The van der Waals surface area contributed by atoms with Crippen LogP contribution in [0.3, 0.4) is 0 Å². The molecule has 2 aliphatic rings. The molecule has 35 heavy (non-hydrogen) atoms. The fraction of sp³-hybridized carbons (Fsp3) is 0.250. The van der Waals surface area contributed by atoms with Gasteiger partial charge in [0.1, 0.15) is 11.3 Å². The summed E-state index contributed by atoms with van der Waals surface area (Å²) in [7, 11) is 2.89. The van der Waals surface area contributed by atoms with Crippen molar-refractivity contribution < 1.29 is 23.9 Å². The number of esters is 1. The second-order valence-corrected chi connectivity index (χ2v) is 8.87. The number of carbonyl (C=O) groups is 3. The van der Waals surface area contributed by atoms with Gasteiger partial charge >= 0.3 is 5.97 Å². The molecule has 5 rings (SSSR count). The Kier molecular flexibility index (Phi) is 5.86. The third-order valence-electron chi connectivity index (χ3n) is 7.02. The molecule has 7 nitrogen and oxygen atoms in total. The number of hydrogen-bond acceptors (Lipinski definition) is 6. The fourth-order valence-corrected chi connectivity index (χ4v) is 5.45. The third-order valence-corrected chi connectivity index (χ3v) is 7.02. The van der Waals surface area contributed by atoms with Crippen LogP contribution in [0.5, 0.6) is 5.75 Å². The Balaban J connectivity index is 1.66. The van der Waals surface area contributed by atoms with E-state index in [2.05, 4.69) is 5.32 Å². The highest BCUT2D eigenvalue weighted by Gasteiger charge is 2.68. The molecule has 0 spiro atoms. The Morgan fingerprint density at radius 1 is 0.886 bits per heavy atom. The number of nitrogens with zero attached hydrogens (tertiary/aromatic N) is 1. The van der Waals surface area contributed by atoms with Gasteiger partial charge in [-0.25, -0.2) is 4.90 Å². The van der Waals surface area contributed by atoms with Crippen LogP contribution in [0.25, 0.3) is 0 Å². The summed E-state index contributed by atoms with van der Waals surface area (Å²) in [5.41, 5.74) is 0.722. The first-order valence-corrected chi connectivity index (χ1v) is 11.5. The molecule has 0 aliphatic carbocycles. The van der Waals surface area contributed by atoms with Crippen molar-refractivity contribution in [1.82, 2.24) is 5.32 Å². The fourth-order valence-electron chi connectivity index (χ4n) is 5.45. The van der Waals surface area contributed by atoms with Crippen molar-refractivity contribution in [3.8, 4) is 5.75 Å². The predicted molar refractivity (Wildman–Crippen MR) is 130 cm³/mol. The number of benzene rings is 3. The molecule has 2 amide bonds. The molecule has 0 aromatic heterocycles. The normalized spacial score (nSPS) is 25.4. The van der Waals surface area contributed by atoms with Gasteiger partial charge in [-0.1, -0.05) is 60.7 Å². The average molecular weight is 471 g/mol. The average Bonchev–Trinajstić information content (AvgIpc) is 3.38. The SMILES string of the molecule is COC(=O)[C@@]1(Cc2ccccc2)N[C@H](c2ccc(OC)cc2)[C@@H]2C(=O)N(c3ccccc3)C(=O)[C@@H]21. The van der Waals surface area contributed by atoms with Crippen LogP contribution < -0.4 is 15.0 Å². The van der Waals surface area contributed by atoms with E-state index in [9.17, 15) is 14.4 Å². The van der Waals surface area contributed by atoms with E-state index in [0.717, 1.165) is 11.1 Å². The first-order chi connectivity index (χ1) is 17.0. The molecule has 0 saturated carbocycles. The highest BCUT2D eigenvalue weighted by Crippen LogP contribution is 2.51. The number of rotatable bonds is 6. The lowest BCUT2D eigenvalue weighted by atomic mass is 9.76. The molecule has 3 aromatic carbocycles. The summed E-state index contributed by atoms with van der Waals surface area (Å²) in [6.07, 6.45) is 0.204. The summed E-state index contributed by atoms with van der Waals surface area (Å²) in [6, 6.07) is 25.0. The van der Waals surface area contributed by atoms with Gasteiger partial charge in [0.15, 0.2) is 0 Å². The minimum Gasteiger partial charge on any atom is -0.497 e. The number of ether oxygens (including phenoxy) is 2. The van der Waals surface area contributed by atoms with Gasteiger partial charge in [0, 0.05) is 12.5 Å². The molecular formula is C28H26N2O5. The van der Waals surface area contributed by atoms with Gasteiger partial charge in [-0.2, -0.15) is 0 Å². The second kappa shape index (κ2) is 9.00. The number of nitrogens with one attached hydrogen (secondary N) is 1. The Bertz CT molecular complexity index is 1250. The van der Waals surface area contributed by atoms with E-state index in [1.54, 1.807) is 43.5 Å². The summed E-state index contributed by atoms with van der Waals surface area (Å²) in [5, 5.41) is 3.41. The van der Waals surface area contributed by atoms with Crippen LogP contribution >= 0.6 is 0 Å². The first kappa shape index (κ1) is 22.8. The number of anilines is 1. The maximum Gasteiger partial charge on any atom is 0.327 e. The smallest absolute Gasteiger partial charge is 0.327 e. The molecule has 2 heterocycles. The van der Waals surface area contributed by atoms with Crippen LogP contribution in [0.4, 0.5) is 5.69 Å². The van der Waals surface area contributed by atoms with E-state index in [-0.39, 0.29) is 12.3 Å². The van der Waals surface area contributed by atoms with Crippen LogP contribution in [0.15, 0.2) is 84.9 Å². The zero-order valence-corrected chi connectivity index (χ0v) is 19.5. The zero-order chi connectivity index (χ0) is 24.6. The molecule has 2 aliphatic heterocycles. The van der Waals surface area contributed by atoms with E-state index >= 15 is 0 Å². The second-order valence-electron chi connectivity index (χ2n) is 8.87. The number of amides is 2. The zero-order valence-electron chi connectivity index (χ0n) is 19.5. The Hall–Kier alpha value is -3.97. The molecule has 0 radical (unpaired) electrons. The van der Waals surface area contributed by atoms with Crippen molar-refractivity contribution in [2.45, 2.75) is 18.0 Å². The van der Waals surface area contributed by atoms with Gasteiger partial charge in [-0.3, -0.25) is 19.7 Å². The minimum atomic E-state index is -1.42. The van der Waals surface area contributed by atoms with Crippen molar-refractivity contribution in [2.75, 3.05) is 19.1 Å². The number of hydrogen-bond donors (Lipinski definition) is 1. The Labute approximate surface area is 203 Å². The van der Waals surface area contributed by atoms with E-state index in [0.29, 0.717) is 11.4 Å². The lowest BCUT2D eigenvalue weighted by Crippen LogP contribution is -2.57. The third kappa shape index (κ3) is 3.68. The summed E-state index contributed by atoms with van der Waals surface area (Å²) in [6.45, 7) is 0. The lowest BCUT2D eigenvalue weighted by molar-refractivity contribution is -0.152. The molecule has 2 fully saturated rings. The monoisotopic (exact) mass is 470 g/mol. The number of methoxy groups -OCH3 is 2. The standard InChI is InChI=1S/C28H26N2O5/c1-34-21-15-13-19(14-16-21)24-22-23(26(32)30(25(22)31)20-11-7-4-8-12-20)28(29-24,27(33)35-2)17-18-9-5-3-6-10-18/h3-16,22-24,29H,17H2,1-2H3/t22-,23-,24-,28+/m1/s1. The molecule has 4 atom stereocenters. The minimum absolute atomic E-state index is 0.204. The van der Waals surface area contributed by atoms with Crippen LogP contribution in [0.2, 0.25) is 0 Å². The van der Waals surface area contributed by atoms with Crippen molar-refractivity contribution in [2.24, 2.45) is 11.8 Å². The first-order valence-electron chi connectivity index (χ1n) is 11.5. The lowest BCUT2D eigenvalue weighted by Gasteiger charge is -2.32. The number of carbonyl (C=O) groups excluding carboxylic acids is 3. The molecule has 7 heteroatoms. The molecule has 2 saturated heterocycles. The van der Waals surface area contributed by atoms with Gasteiger partial charge in [0.05, 0.1) is 31.7 Å². The number of fused-ring (bicyclic) bond motifs is 1. The van der Waals surface area contributed by atoms with Gasteiger partial charge in [-0.05, 0) is 35.4 Å². The summed E-state index contributed by atoms with van der Waals surface area (Å²) in [4.78, 5) is 42.5. The molecule has 3 aromatic rings. The predicted octanol–water partition coefficient (Wildman–Crippen LogP) is 3.30. The quantitative estimate of drug-likeness (QED) is 0.440. The maximum atomic E-state index is 13.9. The van der Waals surface area contributed by atoms with Crippen LogP contribution in [0.1, 0.15) is 17.2 Å². The molecule has 178 valence electrons. The highest BCUT2D eigenvalue weighted by molar-refractivity contribution is 6.24. The van der Waals surface area contributed by atoms with Gasteiger partial charge in [-0.15, -0.1) is 0 Å². The Morgan fingerprint density at radius 2 is 1.51 bits per heavy atom. The summed E-state index contributed by atoms with van der Waals surface area (Å²) >= 11 is 0. The Morgan fingerprint density at radius 3 is 2.11 bits per heavy atom. The van der Waals surface area contributed by atoms with Gasteiger partial charge in [0.2, 0.25) is 11.8 Å². The van der Waals surface area contributed by atoms with Crippen LogP contribution in [0, 0.1) is 11.8 Å². The summed E-state index contributed by atoms with van der Waals surface area (Å²) in [5.74, 6) is -2.35. The molecule has 0 unspecified atom stereocenters. The van der Waals surface area contributed by atoms with Gasteiger partial charge < -0.3 is 9.47 Å². The van der Waals surface area contributed by atoms with Crippen molar-refractivity contribution in [3.63, 3.8) is 0 Å². The van der Waals surface area contributed by atoms with Crippen molar-refractivity contribution >= 4 is 23.5 Å². The highest BCUT2D eigenvalue weighted by atomic mass is 16.5. The van der Waals surface area contributed by atoms with E-state index < -0.39 is 35.3 Å².